The number of benzene rings is 1. The van der Waals surface area contributed by atoms with Crippen LogP contribution in [0.1, 0.15) is 40.2 Å². The zero-order valence-electron chi connectivity index (χ0n) is 20.4. The highest BCUT2D eigenvalue weighted by Gasteiger charge is 2.23. The normalized spacial score (nSPS) is 12.3. The lowest BCUT2D eigenvalue weighted by Crippen LogP contribution is -2.43. The predicted octanol–water partition coefficient (Wildman–Crippen LogP) is 3.02. The maximum Gasteiger partial charge on any atom is 0.513 e. The van der Waals surface area contributed by atoms with Crippen molar-refractivity contribution in [2.75, 3.05) is 26.9 Å². The quantitative estimate of drug-likeness (QED) is 0.267. The van der Waals surface area contributed by atoms with Crippen molar-refractivity contribution in [3.63, 3.8) is 0 Å². The highest BCUT2D eigenvalue weighted by atomic mass is 16.7. The number of esters is 2. The summed E-state index contributed by atoms with van der Waals surface area (Å²) in [5.74, 6) is -1.31. The fraction of sp³-hybridized carbons (Fsp3) is 0.565. The fourth-order valence-corrected chi connectivity index (χ4v) is 2.62. The van der Waals surface area contributed by atoms with Crippen LogP contribution in [0, 0.1) is 5.92 Å². The molecule has 0 saturated heterocycles. The van der Waals surface area contributed by atoms with Crippen LogP contribution in [0.2, 0.25) is 0 Å². The summed E-state index contributed by atoms with van der Waals surface area (Å²) in [7, 11) is 1.25. The SMILES string of the molecule is CCOC(=O)Oc1ccc(C[C@H](NCC(C)OC(=O)C(C)C)C(=O)OC)cc1OC(=O)OCC. The lowest BCUT2D eigenvalue weighted by Gasteiger charge is -2.21. The van der Waals surface area contributed by atoms with E-state index < -0.39 is 30.4 Å². The van der Waals surface area contributed by atoms with Crippen LogP contribution in [-0.4, -0.2) is 63.3 Å². The van der Waals surface area contributed by atoms with Crippen LogP contribution in [0.4, 0.5) is 9.59 Å². The maximum atomic E-state index is 12.3. The molecule has 0 aliphatic rings. The van der Waals surface area contributed by atoms with Crippen LogP contribution in [0.5, 0.6) is 11.5 Å². The summed E-state index contributed by atoms with van der Waals surface area (Å²) in [4.78, 5) is 47.6. The molecule has 2 atom stereocenters. The van der Waals surface area contributed by atoms with Gasteiger partial charge in [-0.2, -0.15) is 0 Å². The molecule has 1 N–H and O–H groups in total. The number of rotatable bonds is 12. The van der Waals surface area contributed by atoms with Crippen molar-refractivity contribution < 1.29 is 47.6 Å². The van der Waals surface area contributed by atoms with Gasteiger partial charge in [0.15, 0.2) is 11.5 Å². The van der Waals surface area contributed by atoms with E-state index in [-0.39, 0.29) is 49.6 Å². The first-order valence-corrected chi connectivity index (χ1v) is 10.9. The smallest absolute Gasteiger partial charge is 0.468 e. The molecule has 0 bridgehead atoms. The number of carbonyl (C=O) groups is 4. The van der Waals surface area contributed by atoms with Gasteiger partial charge >= 0.3 is 24.2 Å². The molecule has 1 aromatic rings. The van der Waals surface area contributed by atoms with Gasteiger partial charge in [0.25, 0.3) is 0 Å². The van der Waals surface area contributed by atoms with E-state index in [0.717, 1.165) is 0 Å². The Kier molecular flexibility index (Phi) is 12.4. The van der Waals surface area contributed by atoms with Crippen molar-refractivity contribution in [3.05, 3.63) is 23.8 Å². The molecule has 11 heteroatoms. The van der Waals surface area contributed by atoms with Crippen molar-refractivity contribution in [1.29, 1.82) is 0 Å². The zero-order chi connectivity index (χ0) is 25.7. The largest absolute Gasteiger partial charge is 0.513 e. The molecular formula is C23H33NO10. The van der Waals surface area contributed by atoms with Gasteiger partial charge in [-0.3, -0.25) is 9.59 Å². The third-order valence-electron chi connectivity index (χ3n) is 4.29. The van der Waals surface area contributed by atoms with Crippen molar-refractivity contribution in [3.8, 4) is 11.5 Å². The first-order chi connectivity index (χ1) is 16.1. The highest BCUT2D eigenvalue weighted by Crippen LogP contribution is 2.30. The van der Waals surface area contributed by atoms with Crippen molar-refractivity contribution in [2.24, 2.45) is 5.92 Å². The van der Waals surface area contributed by atoms with E-state index in [4.69, 9.17) is 28.4 Å². The van der Waals surface area contributed by atoms with Gasteiger partial charge in [-0.05, 0) is 44.9 Å². The molecule has 0 heterocycles. The Hall–Kier alpha value is -3.34. The molecule has 0 aliphatic heterocycles. The van der Waals surface area contributed by atoms with Gasteiger partial charge in [0.2, 0.25) is 0 Å². The molecule has 1 rings (SSSR count). The molecule has 0 saturated carbocycles. The molecule has 0 aliphatic carbocycles. The average molecular weight is 484 g/mol. The minimum Gasteiger partial charge on any atom is -0.468 e. The Labute approximate surface area is 199 Å². The number of methoxy groups -OCH3 is 1. The Morgan fingerprint density at radius 3 is 2.00 bits per heavy atom. The molecule has 0 fully saturated rings. The lowest BCUT2D eigenvalue weighted by molar-refractivity contribution is -0.151. The highest BCUT2D eigenvalue weighted by molar-refractivity contribution is 5.76. The summed E-state index contributed by atoms with van der Waals surface area (Å²) in [6.45, 7) is 8.77. The number of ether oxygens (including phenoxy) is 6. The van der Waals surface area contributed by atoms with E-state index in [1.165, 1.54) is 19.2 Å². The molecular weight excluding hydrogens is 450 g/mol. The van der Waals surface area contributed by atoms with Crippen LogP contribution in [0.15, 0.2) is 18.2 Å². The molecule has 0 aromatic heterocycles. The Balaban J connectivity index is 3.02. The van der Waals surface area contributed by atoms with Gasteiger partial charge in [0.05, 0.1) is 26.2 Å². The van der Waals surface area contributed by atoms with Crippen molar-refractivity contribution >= 4 is 24.2 Å². The zero-order valence-corrected chi connectivity index (χ0v) is 20.4. The summed E-state index contributed by atoms with van der Waals surface area (Å²) < 4.78 is 29.9. The van der Waals surface area contributed by atoms with E-state index in [9.17, 15) is 19.2 Å². The molecule has 0 radical (unpaired) electrons. The molecule has 0 spiro atoms. The van der Waals surface area contributed by atoms with E-state index in [2.05, 4.69) is 5.32 Å². The second-order valence-corrected chi connectivity index (χ2v) is 7.44. The van der Waals surface area contributed by atoms with Gasteiger partial charge in [-0.15, -0.1) is 0 Å². The molecule has 34 heavy (non-hydrogen) atoms. The summed E-state index contributed by atoms with van der Waals surface area (Å²) in [5, 5.41) is 3.02. The topological polar surface area (TPSA) is 136 Å². The molecule has 0 amide bonds. The van der Waals surface area contributed by atoms with Gasteiger partial charge in [-0.1, -0.05) is 19.9 Å². The van der Waals surface area contributed by atoms with Crippen LogP contribution in [0.3, 0.4) is 0 Å². The molecule has 1 unspecified atom stereocenters. The van der Waals surface area contributed by atoms with E-state index in [1.54, 1.807) is 40.7 Å². The summed E-state index contributed by atoms with van der Waals surface area (Å²) in [6, 6.07) is 3.64. The average Bonchev–Trinajstić information content (AvgIpc) is 2.77. The van der Waals surface area contributed by atoms with E-state index >= 15 is 0 Å². The number of hydrogen-bond acceptors (Lipinski definition) is 11. The molecule has 11 nitrogen and oxygen atoms in total. The van der Waals surface area contributed by atoms with Gasteiger partial charge in [0, 0.05) is 6.54 Å². The van der Waals surface area contributed by atoms with Crippen molar-refractivity contribution in [1.82, 2.24) is 5.32 Å². The third-order valence-corrected chi connectivity index (χ3v) is 4.29. The summed E-state index contributed by atoms with van der Waals surface area (Å²) >= 11 is 0. The molecule has 1 aromatic carbocycles. The predicted molar refractivity (Wildman–Crippen MR) is 120 cm³/mol. The van der Waals surface area contributed by atoms with Gasteiger partial charge in [-0.25, -0.2) is 9.59 Å². The number of carbonyl (C=O) groups excluding carboxylic acids is 4. The van der Waals surface area contributed by atoms with E-state index in [0.29, 0.717) is 5.56 Å². The van der Waals surface area contributed by atoms with Crippen LogP contribution in [-0.2, 0) is 35.0 Å². The Morgan fingerprint density at radius 2 is 1.47 bits per heavy atom. The third kappa shape index (κ3) is 10.1. The minimum absolute atomic E-state index is 0.0629. The Morgan fingerprint density at radius 1 is 0.882 bits per heavy atom. The second kappa shape index (κ2) is 14.7. The second-order valence-electron chi connectivity index (χ2n) is 7.44. The first-order valence-electron chi connectivity index (χ1n) is 10.9. The van der Waals surface area contributed by atoms with Crippen LogP contribution >= 0.6 is 0 Å². The van der Waals surface area contributed by atoms with Crippen molar-refractivity contribution in [2.45, 2.75) is 53.2 Å². The lowest BCUT2D eigenvalue weighted by atomic mass is 10.0. The standard InChI is InChI=1S/C23H33NO10/c1-7-30-22(27)33-18-10-9-16(12-19(18)34-23(28)31-8-2)11-17(21(26)29-6)24-13-15(5)32-20(25)14(3)4/h9-10,12,14-15,17,24H,7-8,11,13H2,1-6H3/t15?,17-/m0/s1. The number of hydrogen-bond donors (Lipinski definition) is 1. The number of nitrogens with one attached hydrogen (secondary N) is 1. The first kappa shape index (κ1) is 28.7. The van der Waals surface area contributed by atoms with Gasteiger partial charge in [0.1, 0.15) is 12.1 Å². The van der Waals surface area contributed by atoms with Gasteiger partial charge < -0.3 is 33.7 Å². The van der Waals surface area contributed by atoms with E-state index in [1.807, 2.05) is 0 Å². The monoisotopic (exact) mass is 483 g/mol. The van der Waals surface area contributed by atoms with Crippen LogP contribution < -0.4 is 14.8 Å². The van der Waals surface area contributed by atoms with Crippen LogP contribution in [0.25, 0.3) is 0 Å². The Bertz CT molecular complexity index is 839. The summed E-state index contributed by atoms with van der Waals surface area (Å²) in [6.07, 6.45) is -2.30. The minimum atomic E-state index is -0.989. The maximum absolute atomic E-state index is 12.3. The summed E-state index contributed by atoms with van der Waals surface area (Å²) in [5.41, 5.74) is 0.560. The molecule has 190 valence electrons. The fourth-order valence-electron chi connectivity index (χ4n) is 2.62.